The molecule has 0 aromatic carbocycles. The normalized spacial score (nSPS) is 16.5. The Morgan fingerprint density at radius 3 is 2.46 bits per heavy atom. The van der Waals surface area contributed by atoms with E-state index in [0.29, 0.717) is 5.06 Å². The molecular formula is C7H12N2O4. The van der Waals surface area contributed by atoms with E-state index < -0.39 is 17.8 Å². The molecular weight excluding hydrogens is 176 g/mol. The van der Waals surface area contributed by atoms with Crippen molar-refractivity contribution < 1.29 is 20.6 Å². The highest BCUT2D eigenvalue weighted by Gasteiger charge is 2.32. The van der Waals surface area contributed by atoms with E-state index in [-0.39, 0.29) is 27.2 Å². The van der Waals surface area contributed by atoms with Crippen molar-refractivity contribution in [1.82, 2.24) is 5.06 Å². The van der Waals surface area contributed by atoms with Crippen LogP contribution in [-0.2, 0) is 19.2 Å². The maximum absolute atomic E-state index is 10.9. The lowest BCUT2D eigenvalue weighted by Crippen LogP contribution is -2.32. The van der Waals surface area contributed by atoms with Crippen molar-refractivity contribution in [2.45, 2.75) is 19.3 Å². The molecule has 0 atom stereocenters. The predicted molar refractivity (Wildman–Crippen MR) is 43.0 cm³/mol. The monoisotopic (exact) mass is 188 g/mol. The van der Waals surface area contributed by atoms with Gasteiger partial charge in [-0.1, -0.05) is 0 Å². The largest absolute Gasteiger partial charge is 0.334 e. The highest BCUT2D eigenvalue weighted by Crippen LogP contribution is 2.12. The molecule has 0 aromatic heterocycles. The Labute approximate surface area is 76.1 Å². The van der Waals surface area contributed by atoms with Crippen LogP contribution in [-0.4, -0.2) is 29.4 Å². The molecule has 0 spiro atoms. The number of carbonyl (C=O) groups is 3. The van der Waals surface area contributed by atoms with E-state index in [1.165, 1.54) is 0 Å². The summed E-state index contributed by atoms with van der Waals surface area (Å²) in [6.07, 6.45) is 0.209. The maximum Gasteiger partial charge on any atom is 0.334 e. The quantitative estimate of drug-likeness (QED) is 0.585. The third-order valence-corrected chi connectivity index (χ3v) is 1.55. The minimum Gasteiger partial charge on any atom is -0.330 e. The highest BCUT2D eigenvalue weighted by molar-refractivity contribution is 6.01. The predicted octanol–water partition coefficient (Wildman–Crippen LogP) is -0.812. The molecule has 0 unspecified atom stereocenters. The molecule has 1 saturated heterocycles. The van der Waals surface area contributed by atoms with Crippen LogP contribution in [0.25, 0.3) is 0 Å². The van der Waals surface area contributed by atoms with Crippen molar-refractivity contribution in [3.63, 3.8) is 0 Å². The van der Waals surface area contributed by atoms with Crippen LogP contribution in [0.4, 0.5) is 0 Å². The van der Waals surface area contributed by atoms with Crippen molar-refractivity contribution in [2.24, 2.45) is 5.73 Å². The van der Waals surface area contributed by atoms with Crippen LogP contribution in [0.2, 0.25) is 0 Å². The Hall–Kier alpha value is -1.43. The highest BCUT2D eigenvalue weighted by atomic mass is 16.7. The van der Waals surface area contributed by atoms with Gasteiger partial charge in [0.25, 0.3) is 11.8 Å². The van der Waals surface area contributed by atoms with E-state index >= 15 is 0 Å². The summed E-state index contributed by atoms with van der Waals surface area (Å²) in [4.78, 5) is 37.2. The first kappa shape index (κ1) is 9.66. The lowest BCUT2D eigenvalue weighted by atomic mass is 10.4. The molecule has 13 heavy (non-hydrogen) atoms. The number of rotatable bonds is 3. The molecule has 6 nitrogen and oxygen atoms in total. The summed E-state index contributed by atoms with van der Waals surface area (Å²) in [7, 11) is 0. The first-order chi connectivity index (χ1) is 6.15. The molecule has 1 fully saturated rings. The summed E-state index contributed by atoms with van der Waals surface area (Å²) in [5.74, 6) is -1.61. The number of nitrogens with zero attached hydrogens (tertiary/aromatic N) is 1. The van der Waals surface area contributed by atoms with Crippen molar-refractivity contribution in [1.29, 1.82) is 0 Å². The Morgan fingerprint density at radius 1 is 1.46 bits per heavy atom. The summed E-state index contributed by atoms with van der Waals surface area (Å²) >= 11 is 0. The second-order valence-corrected chi connectivity index (χ2v) is 2.58. The zero-order chi connectivity index (χ0) is 9.84. The van der Waals surface area contributed by atoms with Gasteiger partial charge in [-0.25, -0.2) is 4.79 Å². The van der Waals surface area contributed by atoms with Gasteiger partial charge in [0.15, 0.2) is 0 Å². The number of imide groups is 1. The van der Waals surface area contributed by atoms with Crippen LogP contribution >= 0.6 is 0 Å². The average Bonchev–Trinajstić information content (AvgIpc) is 2.36. The van der Waals surface area contributed by atoms with Gasteiger partial charge in [-0.05, 0) is 0 Å². The first-order valence-corrected chi connectivity index (χ1v) is 3.92. The summed E-state index contributed by atoms with van der Waals surface area (Å²) in [5.41, 5.74) is 5.08. The van der Waals surface area contributed by atoms with Crippen LogP contribution in [0, 0.1) is 0 Å². The van der Waals surface area contributed by atoms with Crippen LogP contribution < -0.4 is 5.73 Å². The molecule has 0 aliphatic carbocycles. The summed E-state index contributed by atoms with van der Waals surface area (Å²) in [6, 6.07) is 0. The van der Waals surface area contributed by atoms with Gasteiger partial charge in [0.2, 0.25) is 0 Å². The Kier molecular flexibility index (Phi) is 2.97. The smallest absolute Gasteiger partial charge is 0.330 e. The van der Waals surface area contributed by atoms with E-state index in [0.717, 1.165) is 0 Å². The standard InChI is InChI=1S/C7H10N2O4.H2/c8-4-3-7(12)13-9-5(10)1-2-6(9)11;/h1-4,8H2;1H. The molecule has 2 amide bonds. The van der Waals surface area contributed by atoms with E-state index in [1.807, 2.05) is 0 Å². The molecule has 0 radical (unpaired) electrons. The van der Waals surface area contributed by atoms with Crippen LogP contribution in [0.3, 0.4) is 0 Å². The zero-order valence-electron chi connectivity index (χ0n) is 6.99. The van der Waals surface area contributed by atoms with Crippen molar-refractivity contribution in [2.75, 3.05) is 6.54 Å². The van der Waals surface area contributed by atoms with E-state index in [2.05, 4.69) is 4.84 Å². The number of carbonyl (C=O) groups excluding carboxylic acids is 3. The summed E-state index contributed by atoms with van der Waals surface area (Å²) in [5, 5.41) is 0.512. The van der Waals surface area contributed by atoms with Gasteiger partial charge in [-0.2, -0.15) is 0 Å². The van der Waals surface area contributed by atoms with Gasteiger partial charge < -0.3 is 10.6 Å². The van der Waals surface area contributed by atoms with Crippen molar-refractivity contribution >= 4 is 17.8 Å². The molecule has 0 aromatic rings. The molecule has 0 saturated carbocycles. The van der Waals surface area contributed by atoms with Crippen molar-refractivity contribution in [3.8, 4) is 0 Å². The van der Waals surface area contributed by atoms with Gasteiger partial charge >= 0.3 is 5.97 Å². The molecule has 1 aliphatic heterocycles. The minimum absolute atomic E-state index is 0. The molecule has 1 aliphatic rings. The molecule has 1 rings (SSSR count). The second kappa shape index (κ2) is 3.99. The van der Waals surface area contributed by atoms with Gasteiger partial charge in [0, 0.05) is 20.8 Å². The summed E-state index contributed by atoms with van der Waals surface area (Å²) < 4.78 is 0. The van der Waals surface area contributed by atoms with Gasteiger partial charge in [-0.15, -0.1) is 5.06 Å². The number of hydroxylamine groups is 2. The fourth-order valence-corrected chi connectivity index (χ4v) is 0.923. The third kappa shape index (κ3) is 2.25. The first-order valence-electron chi connectivity index (χ1n) is 3.92. The number of amides is 2. The van der Waals surface area contributed by atoms with E-state index in [4.69, 9.17) is 5.73 Å². The van der Waals surface area contributed by atoms with Crippen LogP contribution in [0.1, 0.15) is 20.7 Å². The van der Waals surface area contributed by atoms with Crippen molar-refractivity contribution in [3.05, 3.63) is 0 Å². The minimum atomic E-state index is -0.661. The zero-order valence-corrected chi connectivity index (χ0v) is 6.99. The van der Waals surface area contributed by atoms with Crippen LogP contribution in [0.15, 0.2) is 0 Å². The number of nitrogens with two attached hydrogens (primary N) is 1. The van der Waals surface area contributed by atoms with Gasteiger partial charge in [-0.3, -0.25) is 9.59 Å². The maximum atomic E-state index is 10.9. The Balaban J connectivity index is 0.00000169. The third-order valence-electron chi connectivity index (χ3n) is 1.55. The molecule has 6 heteroatoms. The van der Waals surface area contributed by atoms with E-state index in [1.54, 1.807) is 0 Å². The lowest BCUT2D eigenvalue weighted by Gasteiger charge is -2.11. The molecule has 0 bridgehead atoms. The summed E-state index contributed by atoms with van der Waals surface area (Å²) in [6.45, 7) is 0.134. The molecule has 1 heterocycles. The average molecular weight is 188 g/mol. The number of hydrogen-bond acceptors (Lipinski definition) is 5. The SMILES string of the molecule is NCCC(=O)ON1C(=O)CCC1=O.[HH]. The Bertz CT molecular complexity index is 240. The Morgan fingerprint density at radius 2 is 2.00 bits per heavy atom. The fourth-order valence-electron chi connectivity index (χ4n) is 0.923. The van der Waals surface area contributed by atoms with E-state index in [9.17, 15) is 14.4 Å². The number of hydrogen-bond donors (Lipinski definition) is 1. The van der Waals surface area contributed by atoms with Gasteiger partial charge in [0.1, 0.15) is 0 Å². The van der Waals surface area contributed by atoms with Gasteiger partial charge in [0.05, 0.1) is 6.42 Å². The second-order valence-electron chi connectivity index (χ2n) is 2.58. The lowest BCUT2D eigenvalue weighted by molar-refractivity contribution is -0.197. The van der Waals surface area contributed by atoms with Crippen LogP contribution in [0.5, 0.6) is 0 Å². The molecule has 2 N–H and O–H groups in total. The molecule has 74 valence electrons. The fraction of sp³-hybridized carbons (Fsp3) is 0.571. The topological polar surface area (TPSA) is 89.7 Å².